The summed E-state index contributed by atoms with van der Waals surface area (Å²) in [5.41, 5.74) is 0.777. The standard InChI is InChI=1S/C14H18O4/c1-17-14-7-10(9-15)5-6-13(14)18-12-4-2-3-11(16)8-12/h5-7,12,15H,2-4,8-9H2,1H3. The molecule has 2 rings (SSSR count). The molecule has 1 N–H and O–H groups in total. The lowest BCUT2D eigenvalue weighted by Gasteiger charge is -2.23. The fourth-order valence-corrected chi connectivity index (χ4v) is 2.17. The summed E-state index contributed by atoms with van der Waals surface area (Å²) in [7, 11) is 1.56. The molecule has 18 heavy (non-hydrogen) atoms. The number of rotatable bonds is 4. The maximum atomic E-state index is 11.4. The molecule has 0 spiro atoms. The summed E-state index contributed by atoms with van der Waals surface area (Å²) in [4.78, 5) is 11.4. The molecular formula is C14H18O4. The van der Waals surface area contributed by atoms with Gasteiger partial charge < -0.3 is 14.6 Å². The molecule has 0 radical (unpaired) electrons. The van der Waals surface area contributed by atoms with Crippen molar-refractivity contribution in [3.05, 3.63) is 23.8 Å². The SMILES string of the molecule is COc1cc(CO)ccc1OC1CCCC(=O)C1. The topological polar surface area (TPSA) is 55.8 Å². The largest absolute Gasteiger partial charge is 0.493 e. The average molecular weight is 250 g/mol. The lowest BCUT2D eigenvalue weighted by molar-refractivity contribution is -0.122. The predicted molar refractivity (Wildman–Crippen MR) is 66.8 cm³/mol. The Labute approximate surface area is 107 Å². The van der Waals surface area contributed by atoms with Crippen LogP contribution in [0, 0.1) is 0 Å². The Hall–Kier alpha value is -1.55. The van der Waals surface area contributed by atoms with Crippen LogP contribution in [0.2, 0.25) is 0 Å². The first-order valence-electron chi connectivity index (χ1n) is 6.19. The van der Waals surface area contributed by atoms with E-state index in [1.807, 2.05) is 0 Å². The van der Waals surface area contributed by atoms with Gasteiger partial charge in [0.2, 0.25) is 0 Å². The minimum Gasteiger partial charge on any atom is -0.493 e. The van der Waals surface area contributed by atoms with Gasteiger partial charge in [0.05, 0.1) is 13.7 Å². The molecule has 1 saturated carbocycles. The number of Topliss-reactive ketones (excluding diaryl/α,β-unsaturated/α-hetero) is 1. The Morgan fingerprint density at radius 1 is 1.39 bits per heavy atom. The first-order valence-corrected chi connectivity index (χ1v) is 6.19. The molecule has 0 heterocycles. The number of hydrogen-bond donors (Lipinski definition) is 1. The zero-order valence-corrected chi connectivity index (χ0v) is 10.5. The summed E-state index contributed by atoms with van der Waals surface area (Å²) >= 11 is 0. The number of carbonyl (C=O) groups excluding carboxylic acids is 1. The molecule has 0 aromatic heterocycles. The Kier molecular flexibility index (Phi) is 4.20. The molecular weight excluding hydrogens is 232 g/mol. The summed E-state index contributed by atoms with van der Waals surface area (Å²) in [5, 5.41) is 9.06. The Morgan fingerprint density at radius 3 is 2.89 bits per heavy atom. The monoisotopic (exact) mass is 250 g/mol. The number of carbonyl (C=O) groups is 1. The van der Waals surface area contributed by atoms with Crippen LogP contribution in [-0.2, 0) is 11.4 Å². The van der Waals surface area contributed by atoms with Crippen LogP contribution in [0.5, 0.6) is 11.5 Å². The van der Waals surface area contributed by atoms with Gasteiger partial charge in [0, 0.05) is 12.8 Å². The zero-order valence-electron chi connectivity index (χ0n) is 10.5. The highest BCUT2D eigenvalue weighted by Crippen LogP contribution is 2.31. The van der Waals surface area contributed by atoms with Gasteiger partial charge in [-0.05, 0) is 30.5 Å². The number of methoxy groups -OCH3 is 1. The second kappa shape index (κ2) is 5.87. The first kappa shape index (κ1) is 12.9. The van der Waals surface area contributed by atoms with Crippen LogP contribution in [0.4, 0.5) is 0 Å². The van der Waals surface area contributed by atoms with E-state index in [2.05, 4.69) is 0 Å². The summed E-state index contributed by atoms with van der Waals surface area (Å²) in [6, 6.07) is 5.33. The maximum absolute atomic E-state index is 11.4. The molecule has 0 bridgehead atoms. The molecule has 4 heteroatoms. The van der Waals surface area contributed by atoms with Crippen molar-refractivity contribution in [3.8, 4) is 11.5 Å². The van der Waals surface area contributed by atoms with E-state index in [9.17, 15) is 4.79 Å². The van der Waals surface area contributed by atoms with Crippen molar-refractivity contribution in [2.75, 3.05) is 7.11 Å². The van der Waals surface area contributed by atoms with Gasteiger partial charge in [-0.2, -0.15) is 0 Å². The third-order valence-corrected chi connectivity index (χ3v) is 3.14. The molecule has 1 unspecified atom stereocenters. The normalized spacial score (nSPS) is 19.7. The molecule has 1 aromatic carbocycles. The second-order valence-electron chi connectivity index (χ2n) is 4.52. The molecule has 0 saturated heterocycles. The number of ether oxygens (including phenoxy) is 2. The predicted octanol–water partition coefficient (Wildman–Crippen LogP) is 2.08. The second-order valence-corrected chi connectivity index (χ2v) is 4.52. The van der Waals surface area contributed by atoms with E-state index in [0.717, 1.165) is 18.4 Å². The van der Waals surface area contributed by atoms with E-state index in [0.29, 0.717) is 24.3 Å². The zero-order chi connectivity index (χ0) is 13.0. The highest BCUT2D eigenvalue weighted by Gasteiger charge is 2.22. The minimum absolute atomic E-state index is 0.0292. The molecule has 1 atom stereocenters. The molecule has 0 aliphatic heterocycles. The number of ketones is 1. The Bertz CT molecular complexity index is 428. The smallest absolute Gasteiger partial charge is 0.161 e. The van der Waals surface area contributed by atoms with Gasteiger partial charge in [-0.15, -0.1) is 0 Å². The van der Waals surface area contributed by atoms with Crippen molar-refractivity contribution in [1.29, 1.82) is 0 Å². The summed E-state index contributed by atoms with van der Waals surface area (Å²) in [5.74, 6) is 1.49. The maximum Gasteiger partial charge on any atom is 0.161 e. The third-order valence-electron chi connectivity index (χ3n) is 3.14. The van der Waals surface area contributed by atoms with E-state index in [-0.39, 0.29) is 18.5 Å². The van der Waals surface area contributed by atoms with Gasteiger partial charge in [0.1, 0.15) is 11.9 Å². The van der Waals surface area contributed by atoms with Gasteiger partial charge in [0.15, 0.2) is 11.5 Å². The fourth-order valence-electron chi connectivity index (χ4n) is 2.17. The van der Waals surface area contributed by atoms with Crippen LogP contribution in [0.1, 0.15) is 31.2 Å². The van der Waals surface area contributed by atoms with E-state index >= 15 is 0 Å². The highest BCUT2D eigenvalue weighted by atomic mass is 16.5. The first-order chi connectivity index (χ1) is 8.72. The minimum atomic E-state index is -0.0554. The van der Waals surface area contributed by atoms with Gasteiger partial charge in [-0.3, -0.25) is 4.79 Å². The molecule has 0 amide bonds. The van der Waals surface area contributed by atoms with E-state index in [1.165, 1.54) is 0 Å². The molecule has 1 aliphatic carbocycles. The number of aliphatic hydroxyl groups excluding tert-OH is 1. The van der Waals surface area contributed by atoms with Gasteiger partial charge in [-0.25, -0.2) is 0 Å². The van der Waals surface area contributed by atoms with E-state index < -0.39 is 0 Å². The van der Waals surface area contributed by atoms with Crippen molar-refractivity contribution < 1.29 is 19.4 Å². The fraction of sp³-hybridized carbons (Fsp3) is 0.500. The van der Waals surface area contributed by atoms with Crippen molar-refractivity contribution in [2.45, 2.75) is 38.4 Å². The summed E-state index contributed by atoms with van der Waals surface area (Å²) in [6.07, 6.45) is 2.88. The van der Waals surface area contributed by atoms with Crippen molar-refractivity contribution in [3.63, 3.8) is 0 Å². The molecule has 1 aliphatic rings. The summed E-state index contributed by atoms with van der Waals surface area (Å²) < 4.78 is 11.1. The molecule has 4 nitrogen and oxygen atoms in total. The van der Waals surface area contributed by atoms with Crippen LogP contribution >= 0.6 is 0 Å². The number of benzene rings is 1. The number of aliphatic hydroxyl groups is 1. The lowest BCUT2D eigenvalue weighted by Crippen LogP contribution is -2.25. The van der Waals surface area contributed by atoms with Crippen LogP contribution in [0.3, 0.4) is 0 Å². The van der Waals surface area contributed by atoms with Crippen LogP contribution in [-0.4, -0.2) is 24.1 Å². The van der Waals surface area contributed by atoms with E-state index in [1.54, 1.807) is 25.3 Å². The summed E-state index contributed by atoms with van der Waals surface area (Å²) in [6.45, 7) is -0.0292. The molecule has 1 aromatic rings. The molecule has 1 fully saturated rings. The molecule has 98 valence electrons. The van der Waals surface area contributed by atoms with Gasteiger partial charge >= 0.3 is 0 Å². The third kappa shape index (κ3) is 3.01. The number of hydrogen-bond acceptors (Lipinski definition) is 4. The quantitative estimate of drug-likeness (QED) is 0.888. The Morgan fingerprint density at radius 2 is 2.22 bits per heavy atom. The van der Waals surface area contributed by atoms with Crippen LogP contribution in [0.25, 0.3) is 0 Å². The van der Waals surface area contributed by atoms with Gasteiger partial charge in [0.25, 0.3) is 0 Å². The lowest BCUT2D eigenvalue weighted by atomic mass is 9.96. The Balaban J connectivity index is 2.10. The van der Waals surface area contributed by atoms with Crippen molar-refractivity contribution >= 4 is 5.78 Å². The van der Waals surface area contributed by atoms with E-state index in [4.69, 9.17) is 14.6 Å². The van der Waals surface area contributed by atoms with Crippen molar-refractivity contribution in [2.24, 2.45) is 0 Å². The van der Waals surface area contributed by atoms with Gasteiger partial charge in [-0.1, -0.05) is 6.07 Å². The van der Waals surface area contributed by atoms with Crippen molar-refractivity contribution in [1.82, 2.24) is 0 Å². The van der Waals surface area contributed by atoms with Crippen LogP contribution in [0.15, 0.2) is 18.2 Å². The van der Waals surface area contributed by atoms with Crippen LogP contribution < -0.4 is 9.47 Å². The highest BCUT2D eigenvalue weighted by molar-refractivity contribution is 5.79. The average Bonchev–Trinajstić information content (AvgIpc) is 2.39.